The van der Waals surface area contributed by atoms with Crippen LogP contribution in [0.3, 0.4) is 0 Å². The van der Waals surface area contributed by atoms with Gasteiger partial charge >= 0.3 is 0 Å². The predicted molar refractivity (Wildman–Crippen MR) is 90.8 cm³/mol. The van der Waals surface area contributed by atoms with Crippen LogP contribution in [0.15, 0.2) is 29.8 Å². The summed E-state index contributed by atoms with van der Waals surface area (Å²) in [7, 11) is -3.77. The fourth-order valence-electron chi connectivity index (χ4n) is 4.09. The van der Waals surface area contributed by atoms with Gasteiger partial charge in [-0.2, -0.15) is 8.42 Å². The van der Waals surface area contributed by atoms with Crippen LogP contribution in [0, 0.1) is 16.7 Å². The highest BCUT2D eigenvalue weighted by Gasteiger charge is 2.63. The van der Waals surface area contributed by atoms with E-state index in [0.29, 0.717) is 11.6 Å². The highest BCUT2D eigenvalue weighted by Crippen LogP contribution is 2.65. The number of carbonyl (C=O) groups is 1. The molecule has 0 heterocycles. The normalized spacial score (nSPS) is 30.9. The van der Waals surface area contributed by atoms with Crippen LogP contribution in [0.2, 0.25) is 0 Å². The molecule has 1 aromatic carbocycles. The molecule has 2 aliphatic carbocycles. The molecule has 2 saturated carbocycles. The zero-order valence-corrected chi connectivity index (χ0v) is 14.4. The first kappa shape index (κ1) is 16.2. The monoisotopic (exact) mass is 334 g/mol. The van der Waals surface area contributed by atoms with Gasteiger partial charge in [-0.1, -0.05) is 32.9 Å². The van der Waals surface area contributed by atoms with E-state index in [1.54, 1.807) is 24.3 Å². The second kappa shape index (κ2) is 4.92. The van der Waals surface area contributed by atoms with Crippen molar-refractivity contribution in [1.82, 2.24) is 0 Å². The van der Waals surface area contributed by atoms with Gasteiger partial charge in [0.15, 0.2) is 5.78 Å². The van der Waals surface area contributed by atoms with Gasteiger partial charge in [0.25, 0.3) is 10.2 Å². The summed E-state index contributed by atoms with van der Waals surface area (Å²) >= 11 is 0. The second-order valence-corrected chi connectivity index (χ2v) is 8.64. The third-order valence-corrected chi connectivity index (χ3v) is 6.38. The van der Waals surface area contributed by atoms with E-state index in [4.69, 9.17) is 5.14 Å². The van der Waals surface area contributed by atoms with Crippen molar-refractivity contribution < 1.29 is 13.2 Å². The zero-order valence-electron chi connectivity index (χ0n) is 13.6. The van der Waals surface area contributed by atoms with Gasteiger partial charge in [-0.05, 0) is 53.5 Å². The summed E-state index contributed by atoms with van der Waals surface area (Å²) in [6.45, 7) is 6.44. The molecule has 0 saturated heterocycles. The Bertz CT molecular complexity index is 794. The standard InChI is InChI=1S/C17H22N2O3S/c1-16(2)14-8-9-17(16,3)15(20)13(14)10-11-4-6-12(7-5-11)19-23(18,21)22/h4-7,10,14,19H,8-9H2,1-3H3,(H2,18,21,22). The lowest BCUT2D eigenvalue weighted by Crippen LogP contribution is -2.32. The maximum absolute atomic E-state index is 12.8. The Balaban J connectivity index is 1.90. The number of Topliss-reactive ketones (excluding diaryl/α,β-unsaturated/α-hetero) is 1. The molecular formula is C17H22N2O3S. The van der Waals surface area contributed by atoms with Gasteiger partial charge < -0.3 is 0 Å². The first-order valence-electron chi connectivity index (χ1n) is 7.72. The fourth-order valence-corrected chi connectivity index (χ4v) is 4.55. The number of hydrogen-bond acceptors (Lipinski definition) is 3. The van der Waals surface area contributed by atoms with Crippen LogP contribution in [-0.4, -0.2) is 14.2 Å². The first-order chi connectivity index (χ1) is 10.5. The molecule has 0 aromatic heterocycles. The van der Waals surface area contributed by atoms with E-state index in [2.05, 4.69) is 25.5 Å². The Morgan fingerprint density at radius 3 is 2.30 bits per heavy atom. The molecule has 0 spiro atoms. The highest BCUT2D eigenvalue weighted by atomic mass is 32.2. The van der Waals surface area contributed by atoms with Crippen LogP contribution in [0.5, 0.6) is 0 Å². The van der Waals surface area contributed by atoms with Crippen molar-refractivity contribution in [2.24, 2.45) is 21.9 Å². The van der Waals surface area contributed by atoms with Crippen molar-refractivity contribution in [3.63, 3.8) is 0 Å². The number of nitrogens with one attached hydrogen (secondary N) is 1. The number of nitrogens with two attached hydrogens (primary N) is 1. The number of allylic oxidation sites excluding steroid dienone is 1. The Labute approximate surface area is 137 Å². The topological polar surface area (TPSA) is 89.3 Å². The van der Waals surface area contributed by atoms with Gasteiger partial charge in [0, 0.05) is 11.1 Å². The third-order valence-electron chi connectivity index (χ3n) is 5.86. The summed E-state index contributed by atoms with van der Waals surface area (Å²) in [6, 6.07) is 6.85. The number of carbonyl (C=O) groups excluding carboxylic acids is 1. The van der Waals surface area contributed by atoms with Crippen LogP contribution < -0.4 is 9.86 Å². The Hall–Kier alpha value is -1.66. The molecule has 3 N–H and O–H groups in total. The summed E-state index contributed by atoms with van der Waals surface area (Å²) in [5, 5.41) is 4.95. The Morgan fingerprint density at radius 1 is 1.22 bits per heavy atom. The molecular weight excluding hydrogens is 312 g/mol. The van der Waals surface area contributed by atoms with Crippen molar-refractivity contribution >= 4 is 27.8 Å². The molecule has 124 valence electrons. The van der Waals surface area contributed by atoms with Crippen LogP contribution >= 0.6 is 0 Å². The van der Waals surface area contributed by atoms with Crippen molar-refractivity contribution in [2.75, 3.05) is 4.72 Å². The molecule has 2 unspecified atom stereocenters. The van der Waals surface area contributed by atoms with Crippen LogP contribution in [0.1, 0.15) is 39.2 Å². The van der Waals surface area contributed by atoms with Gasteiger partial charge in [0.2, 0.25) is 0 Å². The van der Waals surface area contributed by atoms with E-state index in [1.165, 1.54) is 0 Å². The maximum atomic E-state index is 12.8. The number of benzene rings is 1. The molecule has 0 radical (unpaired) electrons. The summed E-state index contributed by atoms with van der Waals surface area (Å²) in [5.41, 5.74) is 1.92. The summed E-state index contributed by atoms with van der Waals surface area (Å²) < 4.78 is 24.2. The van der Waals surface area contributed by atoms with E-state index in [1.807, 2.05) is 6.08 Å². The number of fused-ring (bicyclic) bond motifs is 2. The highest BCUT2D eigenvalue weighted by molar-refractivity contribution is 7.90. The van der Waals surface area contributed by atoms with E-state index in [-0.39, 0.29) is 16.6 Å². The summed E-state index contributed by atoms with van der Waals surface area (Å²) in [4.78, 5) is 12.8. The smallest absolute Gasteiger partial charge is 0.294 e. The van der Waals surface area contributed by atoms with Gasteiger partial charge in [-0.3, -0.25) is 9.52 Å². The van der Waals surface area contributed by atoms with Crippen molar-refractivity contribution in [1.29, 1.82) is 0 Å². The number of rotatable bonds is 3. The molecule has 3 rings (SSSR count). The van der Waals surface area contributed by atoms with Crippen LogP contribution in [0.4, 0.5) is 5.69 Å². The minimum absolute atomic E-state index is 0.00889. The van der Waals surface area contributed by atoms with Crippen LogP contribution in [-0.2, 0) is 15.0 Å². The van der Waals surface area contributed by atoms with E-state index >= 15 is 0 Å². The summed E-state index contributed by atoms with van der Waals surface area (Å²) in [5.74, 6) is 0.549. The van der Waals surface area contributed by atoms with Gasteiger partial charge in [-0.25, -0.2) is 5.14 Å². The van der Waals surface area contributed by atoms with Crippen molar-refractivity contribution in [3.8, 4) is 0 Å². The number of ketones is 1. The van der Waals surface area contributed by atoms with Crippen LogP contribution in [0.25, 0.3) is 6.08 Å². The molecule has 1 aromatic rings. The molecule has 6 heteroatoms. The third kappa shape index (κ3) is 2.50. The Morgan fingerprint density at radius 2 is 1.83 bits per heavy atom. The van der Waals surface area contributed by atoms with Gasteiger partial charge in [0.1, 0.15) is 0 Å². The molecule has 2 fully saturated rings. The van der Waals surface area contributed by atoms with Gasteiger partial charge in [-0.15, -0.1) is 0 Å². The predicted octanol–water partition coefficient (Wildman–Crippen LogP) is 2.71. The summed E-state index contributed by atoms with van der Waals surface area (Å²) in [6.07, 6.45) is 3.95. The molecule has 23 heavy (non-hydrogen) atoms. The van der Waals surface area contributed by atoms with E-state index in [0.717, 1.165) is 24.0 Å². The Kier molecular flexibility index (Phi) is 3.46. The average Bonchev–Trinajstić information content (AvgIpc) is 2.74. The molecule has 2 aliphatic rings. The lowest BCUT2D eigenvalue weighted by Gasteiger charge is -2.31. The number of hydrogen-bond donors (Lipinski definition) is 2. The fraction of sp³-hybridized carbons (Fsp3) is 0.471. The molecule has 0 amide bonds. The average molecular weight is 334 g/mol. The maximum Gasteiger partial charge on any atom is 0.296 e. The molecule has 5 nitrogen and oxygen atoms in total. The zero-order chi connectivity index (χ0) is 17.0. The minimum atomic E-state index is -3.77. The lowest BCUT2D eigenvalue weighted by molar-refractivity contribution is -0.125. The second-order valence-electron chi connectivity index (χ2n) is 7.34. The quantitative estimate of drug-likeness (QED) is 0.833. The van der Waals surface area contributed by atoms with Crippen molar-refractivity contribution in [3.05, 3.63) is 35.4 Å². The van der Waals surface area contributed by atoms with Gasteiger partial charge in [0.05, 0.1) is 0 Å². The number of anilines is 1. The van der Waals surface area contributed by atoms with E-state index in [9.17, 15) is 13.2 Å². The van der Waals surface area contributed by atoms with E-state index < -0.39 is 10.2 Å². The first-order valence-corrected chi connectivity index (χ1v) is 9.26. The molecule has 0 aliphatic heterocycles. The SMILES string of the molecule is CC12CCC(C(=Cc3ccc(NS(N)(=O)=O)cc3)C1=O)C2(C)C. The molecule has 2 atom stereocenters. The lowest BCUT2D eigenvalue weighted by atomic mass is 9.70. The minimum Gasteiger partial charge on any atom is -0.294 e. The van der Waals surface area contributed by atoms with Crippen molar-refractivity contribution in [2.45, 2.75) is 33.6 Å². The molecule has 2 bridgehead atoms. The largest absolute Gasteiger partial charge is 0.296 e.